The van der Waals surface area contributed by atoms with E-state index in [1.165, 1.54) is 0 Å². The van der Waals surface area contributed by atoms with E-state index in [1.54, 1.807) is 31.2 Å². The van der Waals surface area contributed by atoms with Crippen molar-refractivity contribution >= 4 is 23.5 Å². The van der Waals surface area contributed by atoms with Crippen LogP contribution in [0.4, 0.5) is 5.69 Å². The molecule has 0 saturated heterocycles. The van der Waals surface area contributed by atoms with E-state index in [0.717, 1.165) is 32.1 Å². The fourth-order valence-electron chi connectivity index (χ4n) is 5.90. The molecule has 2 atom stereocenters. The Labute approximate surface area is 169 Å². The van der Waals surface area contributed by atoms with Crippen LogP contribution in [0.1, 0.15) is 55.8 Å². The van der Waals surface area contributed by atoms with E-state index in [2.05, 4.69) is 5.32 Å². The summed E-state index contributed by atoms with van der Waals surface area (Å²) in [5.41, 5.74) is -0.861. The molecule has 0 heterocycles. The van der Waals surface area contributed by atoms with Gasteiger partial charge in [-0.25, -0.2) is 4.79 Å². The first-order valence-corrected chi connectivity index (χ1v) is 10.3. The molecule has 7 nitrogen and oxygen atoms in total. The van der Waals surface area contributed by atoms with Crippen LogP contribution in [0.15, 0.2) is 24.3 Å². The molecule has 4 saturated carbocycles. The predicted molar refractivity (Wildman–Crippen MR) is 104 cm³/mol. The molecule has 1 aromatic rings. The van der Waals surface area contributed by atoms with E-state index in [0.29, 0.717) is 23.9 Å². The summed E-state index contributed by atoms with van der Waals surface area (Å²) in [6.07, 6.45) is 4.50. The van der Waals surface area contributed by atoms with Crippen molar-refractivity contribution in [3.8, 4) is 0 Å². The number of carbonyl (C=O) groups excluding carboxylic acids is 3. The minimum atomic E-state index is -0.760. The van der Waals surface area contributed by atoms with Crippen molar-refractivity contribution in [1.82, 2.24) is 0 Å². The van der Waals surface area contributed by atoms with Crippen LogP contribution in [0.3, 0.4) is 0 Å². The van der Waals surface area contributed by atoms with E-state index in [4.69, 9.17) is 9.47 Å². The SMILES string of the molecule is CCOC(=O)c1ccccc1NC(=O)COC(=O)C12C[C@H]3C[C@@H](CC(O)(C3)C1)C2. The lowest BCUT2D eigenvalue weighted by atomic mass is 9.48. The van der Waals surface area contributed by atoms with Crippen LogP contribution in [-0.2, 0) is 19.1 Å². The van der Waals surface area contributed by atoms with Crippen LogP contribution in [0.25, 0.3) is 0 Å². The Morgan fingerprint density at radius 3 is 2.45 bits per heavy atom. The molecule has 0 radical (unpaired) electrons. The molecule has 29 heavy (non-hydrogen) atoms. The molecule has 0 aromatic heterocycles. The zero-order valence-corrected chi connectivity index (χ0v) is 16.6. The second-order valence-electron chi connectivity index (χ2n) is 8.86. The number of anilines is 1. The number of ether oxygens (including phenoxy) is 2. The predicted octanol–water partition coefficient (Wildman–Crippen LogP) is 2.68. The van der Waals surface area contributed by atoms with E-state index in [1.807, 2.05) is 0 Å². The summed E-state index contributed by atoms with van der Waals surface area (Å²) in [6, 6.07) is 6.54. The number of amides is 1. The number of hydrogen-bond donors (Lipinski definition) is 2. The van der Waals surface area contributed by atoms with Gasteiger partial charge in [-0.2, -0.15) is 0 Å². The second kappa shape index (κ2) is 7.44. The highest BCUT2D eigenvalue weighted by Gasteiger charge is 2.60. The first-order valence-electron chi connectivity index (χ1n) is 10.3. The van der Waals surface area contributed by atoms with Crippen molar-refractivity contribution in [1.29, 1.82) is 0 Å². The molecule has 2 N–H and O–H groups in total. The summed E-state index contributed by atoms with van der Waals surface area (Å²) < 4.78 is 10.4. The maximum Gasteiger partial charge on any atom is 0.340 e. The van der Waals surface area contributed by atoms with Gasteiger partial charge in [-0.15, -0.1) is 0 Å². The van der Waals surface area contributed by atoms with Crippen molar-refractivity contribution < 1.29 is 29.0 Å². The Kier molecular flexibility index (Phi) is 5.11. The minimum Gasteiger partial charge on any atom is -0.462 e. The summed E-state index contributed by atoms with van der Waals surface area (Å²) in [5.74, 6) is -0.710. The fraction of sp³-hybridized carbons (Fsp3) is 0.591. The first kappa shape index (κ1) is 19.9. The Bertz CT molecular complexity index is 820. The quantitative estimate of drug-likeness (QED) is 0.711. The van der Waals surface area contributed by atoms with Gasteiger partial charge in [-0.05, 0) is 69.4 Å². The molecule has 0 aliphatic heterocycles. The van der Waals surface area contributed by atoms with Gasteiger partial charge in [-0.3, -0.25) is 9.59 Å². The lowest BCUT2D eigenvalue weighted by molar-refractivity contribution is -0.196. The molecule has 0 unspecified atom stereocenters. The Balaban J connectivity index is 1.37. The maximum absolute atomic E-state index is 12.9. The van der Waals surface area contributed by atoms with Crippen molar-refractivity contribution in [2.75, 3.05) is 18.5 Å². The third-order valence-corrected chi connectivity index (χ3v) is 6.49. The van der Waals surface area contributed by atoms with Gasteiger partial charge in [0.15, 0.2) is 6.61 Å². The third-order valence-electron chi connectivity index (χ3n) is 6.49. The number of aliphatic hydroxyl groups is 1. The lowest BCUT2D eigenvalue weighted by Crippen LogP contribution is -2.58. The summed E-state index contributed by atoms with van der Waals surface area (Å²) >= 11 is 0. The highest BCUT2D eigenvalue weighted by atomic mass is 16.5. The molecule has 156 valence electrons. The molecule has 4 fully saturated rings. The van der Waals surface area contributed by atoms with Gasteiger partial charge in [0.25, 0.3) is 5.91 Å². The topological polar surface area (TPSA) is 102 Å². The van der Waals surface area contributed by atoms with Crippen LogP contribution in [0.5, 0.6) is 0 Å². The number of para-hydroxylation sites is 1. The van der Waals surface area contributed by atoms with Gasteiger partial charge < -0.3 is 19.9 Å². The van der Waals surface area contributed by atoms with Crippen LogP contribution >= 0.6 is 0 Å². The maximum atomic E-state index is 12.9. The molecule has 4 aliphatic carbocycles. The second-order valence-corrected chi connectivity index (χ2v) is 8.86. The van der Waals surface area contributed by atoms with E-state index >= 15 is 0 Å². The van der Waals surface area contributed by atoms with Gasteiger partial charge in [0.05, 0.1) is 28.9 Å². The number of rotatable bonds is 6. The smallest absolute Gasteiger partial charge is 0.340 e. The monoisotopic (exact) mass is 401 g/mol. The molecular formula is C22H27NO6. The average Bonchev–Trinajstić information content (AvgIpc) is 2.64. The van der Waals surface area contributed by atoms with E-state index < -0.39 is 29.5 Å². The zero-order valence-electron chi connectivity index (χ0n) is 16.6. The van der Waals surface area contributed by atoms with Gasteiger partial charge in [0.1, 0.15) is 0 Å². The Hall–Kier alpha value is -2.41. The molecular weight excluding hydrogens is 374 g/mol. The highest BCUT2D eigenvalue weighted by Crippen LogP contribution is 2.61. The fourth-order valence-corrected chi connectivity index (χ4v) is 5.90. The molecule has 1 amide bonds. The standard InChI is InChI=1S/C22H27NO6/c1-2-28-19(25)16-5-3-4-6-17(16)23-18(24)12-29-20(26)21-8-14-7-15(9-21)11-22(27,10-14)13-21/h3-6,14-15,27H,2,7-13H2,1H3,(H,23,24)/t14-,15-,21?,22?/m1/s1. The molecule has 1 aromatic carbocycles. The van der Waals surface area contributed by atoms with Crippen molar-refractivity contribution in [2.45, 2.75) is 51.0 Å². The van der Waals surface area contributed by atoms with Crippen LogP contribution in [0, 0.1) is 17.3 Å². The van der Waals surface area contributed by atoms with Gasteiger partial charge in [0.2, 0.25) is 0 Å². The molecule has 7 heteroatoms. The van der Waals surface area contributed by atoms with Gasteiger partial charge >= 0.3 is 11.9 Å². The third kappa shape index (κ3) is 3.88. The lowest BCUT2D eigenvalue weighted by Gasteiger charge is -2.58. The Morgan fingerprint density at radius 2 is 1.79 bits per heavy atom. The van der Waals surface area contributed by atoms with Gasteiger partial charge in [-0.1, -0.05) is 12.1 Å². The van der Waals surface area contributed by atoms with Crippen LogP contribution in [-0.4, -0.2) is 41.8 Å². The molecule has 4 aliphatic rings. The first-order chi connectivity index (χ1) is 13.8. The van der Waals surface area contributed by atoms with Crippen molar-refractivity contribution in [3.05, 3.63) is 29.8 Å². The number of hydrogen-bond acceptors (Lipinski definition) is 6. The summed E-state index contributed by atoms with van der Waals surface area (Å²) in [7, 11) is 0. The highest BCUT2D eigenvalue weighted by molar-refractivity contribution is 6.02. The Morgan fingerprint density at radius 1 is 1.10 bits per heavy atom. The molecule has 0 spiro atoms. The number of benzene rings is 1. The van der Waals surface area contributed by atoms with Crippen molar-refractivity contribution in [2.24, 2.45) is 17.3 Å². The summed E-state index contributed by atoms with van der Waals surface area (Å²) in [5, 5.41) is 13.4. The number of esters is 2. The zero-order chi connectivity index (χ0) is 20.6. The largest absolute Gasteiger partial charge is 0.462 e. The van der Waals surface area contributed by atoms with Crippen molar-refractivity contribution in [3.63, 3.8) is 0 Å². The van der Waals surface area contributed by atoms with E-state index in [9.17, 15) is 19.5 Å². The summed E-state index contributed by atoms with van der Waals surface area (Å²) in [4.78, 5) is 37.2. The minimum absolute atomic E-state index is 0.231. The molecule has 5 rings (SSSR count). The van der Waals surface area contributed by atoms with Crippen LogP contribution < -0.4 is 5.32 Å². The summed E-state index contributed by atoms with van der Waals surface area (Å²) in [6.45, 7) is 1.51. The normalized spacial score (nSPS) is 31.9. The number of nitrogens with one attached hydrogen (secondary N) is 1. The number of carbonyl (C=O) groups is 3. The molecule has 4 bridgehead atoms. The van der Waals surface area contributed by atoms with Crippen LogP contribution in [0.2, 0.25) is 0 Å². The van der Waals surface area contributed by atoms with E-state index in [-0.39, 0.29) is 18.1 Å². The average molecular weight is 401 g/mol. The van der Waals surface area contributed by atoms with Gasteiger partial charge in [0, 0.05) is 0 Å².